The zero-order chi connectivity index (χ0) is 8.27. The Hall–Kier alpha value is 0.690. The lowest BCUT2D eigenvalue weighted by Gasteiger charge is -2.17. The van der Waals surface area contributed by atoms with E-state index in [1.54, 1.807) is 0 Å². The predicted molar refractivity (Wildman–Crippen MR) is 57.8 cm³/mol. The van der Waals surface area contributed by atoms with Crippen LogP contribution in [-0.4, -0.2) is 16.2 Å². The summed E-state index contributed by atoms with van der Waals surface area (Å²) in [5.41, 5.74) is 0. The molecule has 1 fully saturated rings. The van der Waals surface area contributed by atoms with E-state index in [0.29, 0.717) is 0 Å². The third-order valence-electron chi connectivity index (χ3n) is 2.66. The molecule has 1 heterocycles. The maximum absolute atomic E-state index is 2.45. The van der Waals surface area contributed by atoms with Crippen molar-refractivity contribution in [3.8, 4) is 0 Å². The van der Waals surface area contributed by atoms with Gasteiger partial charge in [-0.05, 0) is 31.1 Å². The molecular weight excluding hydrogens is 249 g/mol. The van der Waals surface area contributed by atoms with Crippen LogP contribution in [0.5, 0.6) is 0 Å². The number of halogens is 1. The van der Waals surface area contributed by atoms with Gasteiger partial charge in [-0.3, -0.25) is 0 Å². The first-order chi connectivity index (χ1) is 5.20. The number of hydrogen-bond donors (Lipinski definition) is 0. The molecule has 1 atom stereocenters. The SMILES string of the molecule is CC(C)C1CCCN(I)CC1. The van der Waals surface area contributed by atoms with Crippen LogP contribution in [0.15, 0.2) is 0 Å². The molecule has 1 saturated heterocycles. The quantitative estimate of drug-likeness (QED) is 0.521. The summed E-state index contributed by atoms with van der Waals surface area (Å²) < 4.78 is 2.43. The van der Waals surface area contributed by atoms with Crippen LogP contribution in [0.2, 0.25) is 0 Å². The molecular formula is C9H18IN. The fourth-order valence-electron chi connectivity index (χ4n) is 1.75. The van der Waals surface area contributed by atoms with E-state index in [-0.39, 0.29) is 0 Å². The monoisotopic (exact) mass is 267 g/mol. The van der Waals surface area contributed by atoms with Crippen molar-refractivity contribution in [1.29, 1.82) is 0 Å². The lowest BCUT2D eigenvalue weighted by Crippen LogP contribution is -2.13. The Morgan fingerprint density at radius 3 is 2.64 bits per heavy atom. The van der Waals surface area contributed by atoms with Gasteiger partial charge in [-0.2, -0.15) is 0 Å². The summed E-state index contributed by atoms with van der Waals surface area (Å²) >= 11 is 2.45. The molecule has 2 heteroatoms. The van der Waals surface area contributed by atoms with Gasteiger partial charge in [-0.15, -0.1) is 0 Å². The molecule has 66 valence electrons. The second kappa shape index (κ2) is 4.65. The van der Waals surface area contributed by atoms with Crippen LogP contribution in [0, 0.1) is 11.8 Å². The summed E-state index contributed by atoms with van der Waals surface area (Å²) in [5, 5.41) is 0. The van der Waals surface area contributed by atoms with Crippen molar-refractivity contribution in [2.75, 3.05) is 13.1 Å². The lowest BCUT2D eigenvalue weighted by atomic mass is 9.89. The van der Waals surface area contributed by atoms with E-state index >= 15 is 0 Å². The van der Waals surface area contributed by atoms with Crippen LogP contribution in [0.1, 0.15) is 33.1 Å². The first kappa shape index (κ1) is 9.78. The van der Waals surface area contributed by atoms with Gasteiger partial charge in [0.2, 0.25) is 0 Å². The average Bonchev–Trinajstić information content (AvgIpc) is 2.13. The van der Waals surface area contributed by atoms with Crippen LogP contribution in [0.25, 0.3) is 0 Å². The van der Waals surface area contributed by atoms with E-state index in [0.717, 1.165) is 11.8 Å². The van der Waals surface area contributed by atoms with Gasteiger partial charge >= 0.3 is 0 Å². The number of hydrogen-bond acceptors (Lipinski definition) is 1. The molecule has 0 radical (unpaired) electrons. The van der Waals surface area contributed by atoms with E-state index in [1.165, 1.54) is 32.4 Å². The van der Waals surface area contributed by atoms with Crippen molar-refractivity contribution in [3.63, 3.8) is 0 Å². The van der Waals surface area contributed by atoms with E-state index < -0.39 is 0 Å². The second-order valence-electron chi connectivity index (χ2n) is 3.84. The van der Waals surface area contributed by atoms with E-state index in [1.807, 2.05) is 0 Å². The highest BCUT2D eigenvalue weighted by Crippen LogP contribution is 2.25. The minimum absolute atomic E-state index is 0.887. The smallest absolute Gasteiger partial charge is 0.0201 e. The highest BCUT2D eigenvalue weighted by Gasteiger charge is 2.17. The van der Waals surface area contributed by atoms with Crippen LogP contribution >= 0.6 is 22.9 Å². The third-order valence-corrected chi connectivity index (χ3v) is 3.63. The highest BCUT2D eigenvalue weighted by molar-refractivity contribution is 14.1. The molecule has 0 spiro atoms. The fourth-order valence-corrected chi connectivity index (χ4v) is 2.37. The van der Waals surface area contributed by atoms with Crippen LogP contribution in [-0.2, 0) is 0 Å². The third kappa shape index (κ3) is 3.28. The molecule has 1 nitrogen and oxygen atoms in total. The molecule has 1 rings (SSSR count). The fraction of sp³-hybridized carbons (Fsp3) is 1.00. The molecule has 0 saturated carbocycles. The van der Waals surface area contributed by atoms with Crippen LogP contribution < -0.4 is 0 Å². The topological polar surface area (TPSA) is 3.24 Å². The molecule has 1 aliphatic heterocycles. The standard InChI is InChI=1S/C9H18IN/c1-8(2)9-4-3-6-11(10)7-5-9/h8-9H,3-7H2,1-2H3. The highest BCUT2D eigenvalue weighted by atomic mass is 127. The molecule has 1 unspecified atom stereocenters. The maximum atomic E-state index is 2.45. The molecule has 0 aromatic heterocycles. The van der Waals surface area contributed by atoms with Gasteiger partial charge in [0.15, 0.2) is 0 Å². The Morgan fingerprint density at radius 1 is 1.27 bits per heavy atom. The molecule has 0 aromatic carbocycles. The van der Waals surface area contributed by atoms with Crippen molar-refractivity contribution in [1.82, 2.24) is 3.11 Å². The Bertz CT molecular complexity index is 114. The van der Waals surface area contributed by atoms with Crippen molar-refractivity contribution < 1.29 is 0 Å². The van der Waals surface area contributed by atoms with Gasteiger partial charge < -0.3 is 0 Å². The van der Waals surface area contributed by atoms with Gasteiger partial charge in [0.05, 0.1) is 0 Å². The largest absolute Gasteiger partial charge is 0.248 e. The van der Waals surface area contributed by atoms with E-state index in [9.17, 15) is 0 Å². The van der Waals surface area contributed by atoms with Gasteiger partial charge in [0.25, 0.3) is 0 Å². The summed E-state index contributed by atoms with van der Waals surface area (Å²) in [6.07, 6.45) is 4.24. The molecule has 0 aliphatic carbocycles. The minimum Gasteiger partial charge on any atom is -0.248 e. The molecule has 0 aromatic rings. The van der Waals surface area contributed by atoms with Crippen molar-refractivity contribution in [3.05, 3.63) is 0 Å². The van der Waals surface area contributed by atoms with Gasteiger partial charge in [0.1, 0.15) is 0 Å². The average molecular weight is 267 g/mol. The molecule has 0 bridgehead atoms. The van der Waals surface area contributed by atoms with Gasteiger partial charge in [-0.25, -0.2) is 3.11 Å². The van der Waals surface area contributed by atoms with Crippen LogP contribution in [0.4, 0.5) is 0 Å². The van der Waals surface area contributed by atoms with Crippen molar-refractivity contribution in [2.45, 2.75) is 33.1 Å². The molecule has 0 N–H and O–H groups in total. The minimum atomic E-state index is 0.887. The lowest BCUT2D eigenvalue weighted by molar-refractivity contribution is 0.346. The second-order valence-corrected chi connectivity index (χ2v) is 5.21. The summed E-state index contributed by atoms with van der Waals surface area (Å²) in [4.78, 5) is 0. The van der Waals surface area contributed by atoms with Crippen molar-refractivity contribution >= 4 is 22.9 Å². The first-order valence-corrected chi connectivity index (χ1v) is 5.57. The van der Waals surface area contributed by atoms with Gasteiger partial charge in [0, 0.05) is 36.0 Å². The first-order valence-electron chi connectivity index (χ1n) is 4.61. The summed E-state index contributed by atoms with van der Waals surface area (Å²) in [6, 6.07) is 0. The molecule has 1 aliphatic rings. The zero-order valence-corrected chi connectivity index (χ0v) is 9.67. The predicted octanol–water partition coefficient (Wildman–Crippen LogP) is 3.09. The zero-order valence-electron chi connectivity index (χ0n) is 7.52. The van der Waals surface area contributed by atoms with Crippen molar-refractivity contribution in [2.24, 2.45) is 11.8 Å². The summed E-state index contributed by atoms with van der Waals surface area (Å²) in [5.74, 6) is 1.87. The Labute approximate surface area is 84.0 Å². The van der Waals surface area contributed by atoms with Crippen LogP contribution in [0.3, 0.4) is 0 Å². The number of rotatable bonds is 1. The molecule has 11 heavy (non-hydrogen) atoms. The Morgan fingerprint density at radius 2 is 2.00 bits per heavy atom. The number of nitrogens with zero attached hydrogens (tertiary/aromatic N) is 1. The molecule has 0 amide bonds. The maximum Gasteiger partial charge on any atom is 0.0201 e. The van der Waals surface area contributed by atoms with E-state index in [2.05, 4.69) is 39.8 Å². The Balaban J connectivity index is 2.34. The Kier molecular flexibility index (Phi) is 4.13. The normalized spacial score (nSPS) is 28.9. The summed E-state index contributed by atoms with van der Waals surface area (Å²) in [6.45, 7) is 7.30. The summed E-state index contributed by atoms with van der Waals surface area (Å²) in [7, 11) is 0. The van der Waals surface area contributed by atoms with Gasteiger partial charge in [-0.1, -0.05) is 13.8 Å². The van der Waals surface area contributed by atoms with E-state index in [4.69, 9.17) is 0 Å².